The van der Waals surface area contributed by atoms with E-state index in [9.17, 15) is 4.79 Å². The van der Waals surface area contributed by atoms with Crippen LogP contribution in [0.15, 0.2) is 46.9 Å². The first-order valence-corrected chi connectivity index (χ1v) is 7.24. The minimum atomic E-state index is -0.962. The Kier molecular flexibility index (Phi) is 5.36. The number of aromatic carboxylic acids is 1. The SMILES string of the molecule is O=C(O)c1ccc(COc2ccccc2CCO)c(Br)c1. The van der Waals surface area contributed by atoms with Crippen LogP contribution in [0.2, 0.25) is 0 Å². The lowest BCUT2D eigenvalue weighted by Crippen LogP contribution is -2.02. The van der Waals surface area contributed by atoms with Crippen LogP contribution < -0.4 is 4.74 Å². The highest BCUT2D eigenvalue weighted by Gasteiger charge is 2.08. The summed E-state index contributed by atoms with van der Waals surface area (Å²) in [6.45, 7) is 0.389. The number of carboxylic acids is 1. The molecule has 0 bridgehead atoms. The standard InChI is InChI=1S/C16H15BrO4/c17-14-9-12(16(19)20)5-6-13(14)10-21-15-4-2-1-3-11(15)7-8-18/h1-6,9,18H,7-8,10H2,(H,19,20). The zero-order valence-electron chi connectivity index (χ0n) is 11.3. The molecule has 0 radical (unpaired) electrons. The molecule has 0 spiro atoms. The summed E-state index contributed by atoms with van der Waals surface area (Å²) in [6, 6.07) is 12.4. The number of hydrogen-bond donors (Lipinski definition) is 2. The van der Waals surface area contributed by atoms with E-state index in [4.69, 9.17) is 14.9 Å². The van der Waals surface area contributed by atoms with Crippen molar-refractivity contribution >= 4 is 21.9 Å². The summed E-state index contributed by atoms with van der Waals surface area (Å²) >= 11 is 3.35. The molecule has 2 N–H and O–H groups in total. The fourth-order valence-corrected chi connectivity index (χ4v) is 2.42. The molecule has 0 aromatic heterocycles. The number of carboxylic acid groups (broad SMARTS) is 1. The second-order valence-electron chi connectivity index (χ2n) is 4.48. The van der Waals surface area contributed by atoms with Gasteiger partial charge in [-0.1, -0.05) is 40.2 Å². The van der Waals surface area contributed by atoms with Crippen molar-refractivity contribution in [3.8, 4) is 5.75 Å². The Balaban J connectivity index is 2.11. The number of aliphatic hydroxyl groups is 1. The highest BCUT2D eigenvalue weighted by atomic mass is 79.9. The van der Waals surface area contributed by atoms with Gasteiger partial charge in [0.05, 0.1) is 5.56 Å². The Morgan fingerprint density at radius 3 is 2.57 bits per heavy atom. The molecule has 5 heteroatoms. The summed E-state index contributed by atoms with van der Waals surface area (Å²) < 4.78 is 6.46. The second kappa shape index (κ2) is 7.24. The zero-order valence-corrected chi connectivity index (χ0v) is 12.8. The third-order valence-corrected chi connectivity index (χ3v) is 3.78. The predicted octanol–water partition coefficient (Wildman–Crippen LogP) is 3.26. The Hall–Kier alpha value is -1.85. The minimum absolute atomic E-state index is 0.0668. The fraction of sp³-hybridized carbons (Fsp3) is 0.188. The van der Waals surface area contributed by atoms with Gasteiger partial charge in [-0.15, -0.1) is 0 Å². The molecule has 0 atom stereocenters. The maximum Gasteiger partial charge on any atom is 0.335 e. The molecule has 2 aromatic rings. The molecule has 0 aliphatic rings. The topological polar surface area (TPSA) is 66.8 Å². The van der Waals surface area contributed by atoms with Gasteiger partial charge in [0.15, 0.2) is 0 Å². The fourth-order valence-electron chi connectivity index (χ4n) is 1.92. The van der Waals surface area contributed by atoms with Crippen LogP contribution in [0.3, 0.4) is 0 Å². The quantitative estimate of drug-likeness (QED) is 0.838. The number of hydrogen-bond acceptors (Lipinski definition) is 3. The molecule has 0 saturated heterocycles. The van der Waals surface area contributed by atoms with Crippen molar-refractivity contribution in [2.75, 3.05) is 6.61 Å². The molecular formula is C16H15BrO4. The minimum Gasteiger partial charge on any atom is -0.489 e. The number of rotatable bonds is 6. The van der Waals surface area contributed by atoms with Gasteiger partial charge in [0.1, 0.15) is 12.4 Å². The molecule has 0 saturated carbocycles. The molecule has 0 fully saturated rings. The third kappa shape index (κ3) is 4.06. The summed E-state index contributed by atoms with van der Waals surface area (Å²) in [5, 5.41) is 18.0. The van der Waals surface area contributed by atoms with Crippen molar-refractivity contribution in [3.05, 3.63) is 63.6 Å². The average Bonchev–Trinajstić information content (AvgIpc) is 2.47. The molecular weight excluding hydrogens is 336 g/mol. The molecule has 21 heavy (non-hydrogen) atoms. The van der Waals surface area contributed by atoms with Crippen LogP contribution in [-0.2, 0) is 13.0 Å². The largest absolute Gasteiger partial charge is 0.489 e. The number of halogens is 1. The monoisotopic (exact) mass is 350 g/mol. The Bertz CT molecular complexity index is 640. The molecule has 2 rings (SSSR count). The van der Waals surface area contributed by atoms with Crippen molar-refractivity contribution in [3.63, 3.8) is 0 Å². The number of benzene rings is 2. The summed E-state index contributed by atoms with van der Waals surface area (Å²) in [4.78, 5) is 10.9. The van der Waals surface area contributed by atoms with Gasteiger partial charge in [0.2, 0.25) is 0 Å². The molecule has 4 nitrogen and oxygen atoms in total. The van der Waals surface area contributed by atoms with E-state index in [2.05, 4.69) is 15.9 Å². The van der Waals surface area contributed by atoms with Gasteiger partial charge in [-0.25, -0.2) is 4.79 Å². The Morgan fingerprint density at radius 1 is 1.14 bits per heavy atom. The van der Waals surface area contributed by atoms with Crippen molar-refractivity contribution in [2.45, 2.75) is 13.0 Å². The van der Waals surface area contributed by atoms with Crippen molar-refractivity contribution in [1.29, 1.82) is 0 Å². The van der Waals surface area contributed by atoms with Crippen molar-refractivity contribution in [1.82, 2.24) is 0 Å². The van der Waals surface area contributed by atoms with E-state index in [1.165, 1.54) is 0 Å². The summed E-state index contributed by atoms with van der Waals surface area (Å²) in [5.74, 6) is -0.239. The maximum atomic E-state index is 10.9. The smallest absolute Gasteiger partial charge is 0.335 e. The lowest BCUT2D eigenvalue weighted by molar-refractivity contribution is 0.0696. The third-order valence-electron chi connectivity index (χ3n) is 3.04. The first-order valence-electron chi connectivity index (χ1n) is 6.45. The van der Waals surface area contributed by atoms with Crippen molar-refractivity contribution in [2.24, 2.45) is 0 Å². The zero-order chi connectivity index (χ0) is 15.2. The van der Waals surface area contributed by atoms with Gasteiger partial charge in [0, 0.05) is 16.6 Å². The number of aliphatic hydroxyl groups excluding tert-OH is 1. The van der Waals surface area contributed by atoms with Gasteiger partial charge in [0.25, 0.3) is 0 Å². The van der Waals surface area contributed by atoms with Gasteiger partial charge in [-0.3, -0.25) is 0 Å². The Labute approximate surface area is 131 Å². The van der Waals surface area contributed by atoms with E-state index in [-0.39, 0.29) is 12.2 Å². The van der Waals surface area contributed by atoms with Crippen LogP contribution in [0.25, 0.3) is 0 Å². The Morgan fingerprint density at radius 2 is 1.90 bits per heavy atom. The molecule has 0 unspecified atom stereocenters. The normalized spacial score (nSPS) is 10.4. The highest BCUT2D eigenvalue weighted by Crippen LogP contribution is 2.23. The number of carbonyl (C=O) groups is 1. The first kappa shape index (κ1) is 15.5. The van der Waals surface area contributed by atoms with E-state index in [1.807, 2.05) is 24.3 Å². The molecule has 0 amide bonds. The molecule has 0 heterocycles. The molecule has 0 aliphatic heterocycles. The van der Waals surface area contributed by atoms with Gasteiger partial charge >= 0.3 is 5.97 Å². The van der Waals surface area contributed by atoms with Crippen LogP contribution in [0.1, 0.15) is 21.5 Å². The summed E-state index contributed by atoms with van der Waals surface area (Å²) in [7, 11) is 0. The van der Waals surface area contributed by atoms with Gasteiger partial charge < -0.3 is 14.9 Å². The number of para-hydroxylation sites is 1. The van der Waals surface area contributed by atoms with Crippen LogP contribution in [0.4, 0.5) is 0 Å². The first-order chi connectivity index (χ1) is 10.1. The van der Waals surface area contributed by atoms with Crippen molar-refractivity contribution < 1.29 is 19.7 Å². The maximum absolute atomic E-state index is 10.9. The van der Waals surface area contributed by atoms with Gasteiger partial charge in [-0.05, 0) is 30.2 Å². The van der Waals surface area contributed by atoms with E-state index >= 15 is 0 Å². The van der Waals surface area contributed by atoms with E-state index in [0.29, 0.717) is 17.5 Å². The number of ether oxygens (including phenoxy) is 1. The second-order valence-corrected chi connectivity index (χ2v) is 5.34. The van der Waals surface area contributed by atoms with Gasteiger partial charge in [-0.2, -0.15) is 0 Å². The van der Waals surface area contributed by atoms with Crippen LogP contribution >= 0.6 is 15.9 Å². The molecule has 0 aliphatic carbocycles. The predicted molar refractivity (Wildman–Crippen MR) is 82.7 cm³/mol. The average molecular weight is 351 g/mol. The highest BCUT2D eigenvalue weighted by molar-refractivity contribution is 9.10. The lowest BCUT2D eigenvalue weighted by Gasteiger charge is -2.12. The van der Waals surface area contributed by atoms with Crippen LogP contribution in [0.5, 0.6) is 5.75 Å². The molecule has 2 aromatic carbocycles. The summed E-state index contributed by atoms with van der Waals surface area (Å²) in [6.07, 6.45) is 0.537. The van der Waals surface area contributed by atoms with E-state index < -0.39 is 5.97 Å². The van der Waals surface area contributed by atoms with Crippen LogP contribution in [-0.4, -0.2) is 22.8 Å². The van der Waals surface area contributed by atoms with E-state index in [0.717, 1.165) is 16.9 Å². The van der Waals surface area contributed by atoms with E-state index in [1.54, 1.807) is 18.2 Å². The molecule has 110 valence electrons. The lowest BCUT2D eigenvalue weighted by atomic mass is 10.1. The van der Waals surface area contributed by atoms with Crippen LogP contribution in [0, 0.1) is 0 Å². The summed E-state index contributed by atoms with van der Waals surface area (Å²) in [5.41, 5.74) is 2.03.